The average Bonchev–Trinajstić information content (AvgIpc) is 2.42. The van der Waals surface area contributed by atoms with Gasteiger partial charge in [-0.15, -0.1) is 0 Å². The Labute approximate surface area is 115 Å². The molecule has 19 heavy (non-hydrogen) atoms. The molecular weight excluding hydrogens is 234 g/mol. The fourth-order valence-corrected chi connectivity index (χ4v) is 2.16. The molecule has 1 atom stereocenters. The van der Waals surface area contributed by atoms with Crippen LogP contribution in [0.25, 0.3) is 0 Å². The minimum atomic E-state index is -0.0366. The first-order chi connectivity index (χ1) is 9.20. The van der Waals surface area contributed by atoms with Gasteiger partial charge in [-0.1, -0.05) is 48.0 Å². The van der Waals surface area contributed by atoms with Crippen molar-refractivity contribution >= 4 is 0 Å². The van der Waals surface area contributed by atoms with E-state index < -0.39 is 0 Å². The summed E-state index contributed by atoms with van der Waals surface area (Å²) in [6, 6.07) is 16.5. The van der Waals surface area contributed by atoms with Crippen LogP contribution in [0, 0.1) is 6.92 Å². The van der Waals surface area contributed by atoms with Crippen LogP contribution in [0.1, 0.15) is 29.7 Å². The minimum absolute atomic E-state index is 0.0366. The number of ether oxygens (including phenoxy) is 1. The molecule has 0 amide bonds. The summed E-state index contributed by atoms with van der Waals surface area (Å²) in [5, 5.41) is 0. The lowest BCUT2D eigenvalue weighted by Gasteiger charge is -2.16. The minimum Gasteiger partial charge on any atom is -0.494 e. The van der Waals surface area contributed by atoms with E-state index in [1.807, 2.05) is 31.2 Å². The van der Waals surface area contributed by atoms with Crippen LogP contribution in [-0.2, 0) is 6.42 Å². The fraction of sp³-hybridized carbons (Fsp3) is 0.294. The van der Waals surface area contributed by atoms with Gasteiger partial charge in [0.1, 0.15) is 5.75 Å². The molecule has 0 bridgehead atoms. The largest absolute Gasteiger partial charge is 0.494 e. The van der Waals surface area contributed by atoms with Crippen molar-refractivity contribution in [2.75, 3.05) is 6.61 Å². The van der Waals surface area contributed by atoms with E-state index in [0.717, 1.165) is 17.7 Å². The summed E-state index contributed by atoms with van der Waals surface area (Å²) < 4.78 is 5.63. The first kappa shape index (κ1) is 13.6. The molecule has 100 valence electrons. The van der Waals surface area contributed by atoms with Gasteiger partial charge < -0.3 is 10.5 Å². The molecule has 0 aromatic heterocycles. The summed E-state index contributed by atoms with van der Waals surface area (Å²) in [5.74, 6) is 0.893. The van der Waals surface area contributed by atoms with E-state index in [0.29, 0.717) is 6.61 Å². The average molecular weight is 255 g/mol. The molecule has 2 N–H and O–H groups in total. The van der Waals surface area contributed by atoms with Gasteiger partial charge in [0, 0.05) is 11.6 Å². The number of para-hydroxylation sites is 1. The Balaban J connectivity index is 2.15. The van der Waals surface area contributed by atoms with E-state index in [4.69, 9.17) is 10.5 Å². The second kappa shape index (κ2) is 6.39. The highest BCUT2D eigenvalue weighted by atomic mass is 16.5. The van der Waals surface area contributed by atoms with Gasteiger partial charge in [0.15, 0.2) is 0 Å². The molecule has 2 heteroatoms. The molecule has 1 unspecified atom stereocenters. The highest BCUT2D eigenvalue weighted by Gasteiger charge is 2.12. The van der Waals surface area contributed by atoms with Gasteiger partial charge >= 0.3 is 0 Å². The number of rotatable bonds is 5. The smallest absolute Gasteiger partial charge is 0.124 e. The third kappa shape index (κ3) is 3.58. The van der Waals surface area contributed by atoms with Crippen molar-refractivity contribution in [1.29, 1.82) is 0 Å². The van der Waals surface area contributed by atoms with E-state index in [-0.39, 0.29) is 6.04 Å². The Morgan fingerprint density at radius 1 is 1.05 bits per heavy atom. The molecule has 2 rings (SSSR count). The van der Waals surface area contributed by atoms with Crippen LogP contribution in [0.3, 0.4) is 0 Å². The third-order valence-corrected chi connectivity index (χ3v) is 3.19. The molecule has 0 saturated heterocycles. The zero-order chi connectivity index (χ0) is 13.7. The van der Waals surface area contributed by atoms with Crippen molar-refractivity contribution in [1.82, 2.24) is 0 Å². The number of benzene rings is 2. The zero-order valence-corrected chi connectivity index (χ0v) is 11.6. The molecule has 0 aliphatic heterocycles. The highest BCUT2D eigenvalue weighted by Crippen LogP contribution is 2.26. The molecule has 0 heterocycles. The molecule has 0 saturated carbocycles. The van der Waals surface area contributed by atoms with E-state index in [1.165, 1.54) is 11.1 Å². The number of hydrogen-bond acceptors (Lipinski definition) is 2. The molecule has 0 radical (unpaired) electrons. The molecule has 2 aromatic rings. The molecule has 0 fully saturated rings. The van der Waals surface area contributed by atoms with Crippen LogP contribution < -0.4 is 10.5 Å². The van der Waals surface area contributed by atoms with Gasteiger partial charge in [-0.05, 0) is 31.9 Å². The van der Waals surface area contributed by atoms with Gasteiger partial charge in [0.05, 0.1) is 6.61 Å². The van der Waals surface area contributed by atoms with Crippen molar-refractivity contribution in [3.63, 3.8) is 0 Å². The van der Waals surface area contributed by atoms with Crippen molar-refractivity contribution in [3.8, 4) is 5.75 Å². The van der Waals surface area contributed by atoms with Crippen molar-refractivity contribution in [3.05, 3.63) is 65.2 Å². The Kier molecular flexibility index (Phi) is 4.58. The predicted molar refractivity (Wildman–Crippen MR) is 79.4 cm³/mol. The maximum absolute atomic E-state index is 6.32. The molecule has 0 aliphatic rings. The van der Waals surface area contributed by atoms with Gasteiger partial charge in [0.2, 0.25) is 0 Å². The highest BCUT2D eigenvalue weighted by molar-refractivity contribution is 5.37. The number of hydrogen-bond donors (Lipinski definition) is 1. The van der Waals surface area contributed by atoms with Crippen LogP contribution in [0.5, 0.6) is 5.75 Å². The second-order valence-electron chi connectivity index (χ2n) is 4.77. The topological polar surface area (TPSA) is 35.2 Å². The van der Waals surface area contributed by atoms with Crippen molar-refractivity contribution in [2.24, 2.45) is 5.73 Å². The summed E-state index contributed by atoms with van der Waals surface area (Å²) in [6.45, 7) is 4.74. The maximum atomic E-state index is 6.32. The van der Waals surface area contributed by atoms with Gasteiger partial charge in [0.25, 0.3) is 0 Å². The summed E-state index contributed by atoms with van der Waals surface area (Å²) in [4.78, 5) is 0. The fourth-order valence-electron chi connectivity index (χ4n) is 2.16. The SMILES string of the molecule is CCOc1ccccc1C(N)Cc1ccc(C)cc1. The monoisotopic (exact) mass is 255 g/mol. The Morgan fingerprint density at radius 2 is 1.74 bits per heavy atom. The summed E-state index contributed by atoms with van der Waals surface area (Å²) in [5.41, 5.74) is 9.91. The molecule has 2 nitrogen and oxygen atoms in total. The van der Waals surface area contributed by atoms with E-state index in [9.17, 15) is 0 Å². The van der Waals surface area contributed by atoms with Gasteiger partial charge in [-0.3, -0.25) is 0 Å². The maximum Gasteiger partial charge on any atom is 0.124 e. The van der Waals surface area contributed by atoms with E-state index in [2.05, 4.69) is 31.2 Å². The molecular formula is C17H21NO. The number of nitrogens with two attached hydrogens (primary N) is 1. The summed E-state index contributed by atoms with van der Waals surface area (Å²) >= 11 is 0. The Morgan fingerprint density at radius 3 is 2.42 bits per heavy atom. The van der Waals surface area contributed by atoms with Crippen LogP contribution in [0.15, 0.2) is 48.5 Å². The molecule has 2 aromatic carbocycles. The standard InChI is InChI=1S/C17H21NO/c1-3-19-17-7-5-4-6-15(17)16(18)12-14-10-8-13(2)9-11-14/h4-11,16H,3,12,18H2,1-2H3. The van der Waals surface area contributed by atoms with E-state index >= 15 is 0 Å². The van der Waals surface area contributed by atoms with Gasteiger partial charge in [-0.25, -0.2) is 0 Å². The van der Waals surface area contributed by atoms with Gasteiger partial charge in [-0.2, -0.15) is 0 Å². The normalized spacial score (nSPS) is 12.2. The third-order valence-electron chi connectivity index (χ3n) is 3.19. The lowest BCUT2D eigenvalue weighted by atomic mass is 9.98. The van der Waals surface area contributed by atoms with Crippen molar-refractivity contribution < 1.29 is 4.74 Å². The Hall–Kier alpha value is -1.80. The van der Waals surface area contributed by atoms with Crippen molar-refractivity contribution in [2.45, 2.75) is 26.3 Å². The van der Waals surface area contributed by atoms with Crippen LogP contribution in [0.2, 0.25) is 0 Å². The second-order valence-corrected chi connectivity index (χ2v) is 4.77. The Bertz CT molecular complexity index is 519. The van der Waals surface area contributed by atoms with Crippen LogP contribution >= 0.6 is 0 Å². The van der Waals surface area contributed by atoms with E-state index in [1.54, 1.807) is 0 Å². The summed E-state index contributed by atoms with van der Waals surface area (Å²) in [6.07, 6.45) is 0.824. The number of aryl methyl sites for hydroxylation is 1. The van der Waals surface area contributed by atoms with Crippen LogP contribution in [0.4, 0.5) is 0 Å². The molecule has 0 aliphatic carbocycles. The summed E-state index contributed by atoms with van der Waals surface area (Å²) in [7, 11) is 0. The molecule has 0 spiro atoms. The quantitative estimate of drug-likeness (QED) is 0.885. The lowest BCUT2D eigenvalue weighted by molar-refractivity contribution is 0.334. The lowest BCUT2D eigenvalue weighted by Crippen LogP contribution is -2.14. The predicted octanol–water partition coefficient (Wildman–Crippen LogP) is 3.64. The zero-order valence-electron chi connectivity index (χ0n) is 11.6. The first-order valence-electron chi connectivity index (χ1n) is 6.73. The van der Waals surface area contributed by atoms with Crippen LogP contribution in [-0.4, -0.2) is 6.61 Å². The first-order valence-corrected chi connectivity index (χ1v) is 6.73.